The number of benzene rings is 2. The smallest absolute Gasteiger partial charge is 0.269 e. The summed E-state index contributed by atoms with van der Waals surface area (Å²) < 4.78 is 51.6. The Morgan fingerprint density at radius 1 is 0.368 bits per heavy atom. The molecule has 6 fully saturated rings. The van der Waals surface area contributed by atoms with Gasteiger partial charge in [-0.1, -0.05) is 285 Å². The molecule has 2 saturated heterocycles. The molecular formula is C94H173NO10S. The molecule has 0 spiro atoms. The topological polar surface area (TPSA) is 141 Å². The zero-order valence-electron chi connectivity index (χ0n) is 76.7. The number of nitro benzene ring substituents is 1. The lowest BCUT2D eigenvalue weighted by molar-refractivity contribution is -0.384. The number of non-ortho nitro benzene ring substituents is 1. The van der Waals surface area contributed by atoms with Crippen molar-refractivity contribution in [2.24, 2.45) is 101 Å². The van der Waals surface area contributed by atoms with Crippen molar-refractivity contribution in [1.29, 1.82) is 0 Å². The van der Waals surface area contributed by atoms with E-state index < -0.39 is 19.5 Å². The number of carbonyl (C=O) groups excluding carboxylic acids is 1. The van der Waals surface area contributed by atoms with Gasteiger partial charge in [0, 0.05) is 24.5 Å². The van der Waals surface area contributed by atoms with E-state index in [4.69, 9.17) is 23.7 Å². The first-order valence-corrected chi connectivity index (χ1v) is 43.1. The van der Waals surface area contributed by atoms with Gasteiger partial charge < -0.3 is 23.7 Å². The van der Waals surface area contributed by atoms with Crippen LogP contribution in [0.2, 0.25) is 0 Å². The Hall–Kier alpha value is -2.90. The second kappa shape index (κ2) is 40.2. The minimum atomic E-state index is -3.44. The van der Waals surface area contributed by atoms with Gasteiger partial charge in [-0.3, -0.25) is 14.9 Å². The summed E-state index contributed by atoms with van der Waals surface area (Å²) in [5, 5.41) is 10.4. The van der Waals surface area contributed by atoms with Crippen LogP contribution in [0.25, 0.3) is 0 Å². The number of para-hydroxylation sites is 1. The summed E-state index contributed by atoms with van der Waals surface area (Å²) >= 11 is 0. The van der Waals surface area contributed by atoms with Crippen molar-refractivity contribution < 1.29 is 41.8 Å². The predicted octanol–water partition coefficient (Wildman–Crippen LogP) is 27.8. The van der Waals surface area contributed by atoms with Gasteiger partial charge in [-0.25, -0.2) is 8.42 Å². The number of Topliss-reactive ketones (excluding diaryl/α,β-unsaturated/α-hetero) is 1. The largest absolute Gasteiger partial charge is 0.488 e. The fourth-order valence-corrected chi connectivity index (χ4v) is 18.1. The molecule has 2 heterocycles. The number of rotatable bonds is 3. The molecule has 4 aliphatic carbocycles. The lowest BCUT2D eigenvalue weighted by Crippen LogP contribution is -2.52. The Labute approximate surface area is 656 Å². The van der Waals surface area contributed by atoms with Crippen molar-refractivity contribution in [2.45, 2.75) is 406 Å². The lowest BCUT2D eigenvalue weighted by atomic mass is 9.58. The molecule has 2 aromatic carbocycles. The molecule has 106 heavy (non-hydrogen) atoms. The number of nitrogens with zero attached hydrogens (tertiary/aromatic N) is 1. The molecule has 0 amide bonds. The first kappa shape index (κ1) is 101. The van der Waals surface area contributed by atoms with Gasteiger partial charge in [0.15, 0.2) is 9.84 Å². The number of nitro groups is 1. The molecule has 2 aliphatic heterocycles. The van der Waals surface area contributed by atoms with Crippen LogP contribution < -0.4 is 4.74 Å². The molecule has 0 radical (unpaired) electrons. The van der Waals surface area contributed by atoms with Gasteiger partial charge in [0.05, 0.1) is 52.2 Å². The number of hydrogen-bond donors (Lipinski definition) is 0. The minimum absolute atomic E-state index is 0.0959. The van der Waals surface area contributed by atoms with Gasteiger partial charge in [-0.15, -0.1) is 0 Å². The van der Waals surface area contributed by atoms with Crippen LogP contribution in [0, 0.1) is 111 Å². The quantitative estimate of drug-likeness (QED) is 0.215. The van der Waals surface area contributed by atoms with Gasteiger partial charge in [0.2, 0.25) is 0 Å². The summed E-state index contributed by atoms with van der Waals surface area (Å²) in [6, 6.07) is 14.8. The van der Waals surface area contributed by atoms with Crippen molar-refractivity contribution in [3.63, 3.8) is 0 Å². The van der Waals surface area contributed by atoms with Crippen LogP contribution in [0.3, 0.4) is 0 Å². The van der Waals surface area contributed by atoms with Crippen molar-refractivity contribution in [1.82, 2.24) is 0 Å². The Bertz CT molecular complexity index is 2750. The van der Waals surface area contributed by atoms with E-state index in [2.05, 4.69) is 228 Å². The average Bonchev–Trinajstić information content (AvgIpc) is 1.52. The molecule has 0 bridgehead atoms. The van der Waals surface area contributed by atoms with Gasteiger partial charge in [0.25, 0.3) is 5.69 Å². The van der Waals surface area contributed by atoms with Crippen molar-refractivity contribution in [2.75, 3.05) is 20.0 Å². The molecule has 4 saturated carbocycles. The summed E-state index contributed by atoms with van der Waals surface area (Å²) in [6.45, 7) is 88.8. The summed E-state index contributed by atoms with van der Waals surface area (Å²) in [5.74, 6) is 6.97. The van der Waals surface area contributed by atoms with E-state index >= 15 is 0 Å². The zero-order valence-corrected chi connectivity index (χ0v) is 77.5. The number of ether oxygens (including phenoxy) is 5. The first-order valence-electron chi connectivity index (χ1n) is 41.6. The SMILES string of the molecule is CC(C)(C)C1CCCC(=O)C1C(C)(C)C.CC(C)(C)C1CCCC1C(C)(C)C.CC(C)(C)C1CCCCC1.CC(C)(C)C1CCCCC1C(C)(C)C.CC(C)(C)C1OCCOC1C(C)(C)C.CC(C)(C)C1OCOC1C(C)(C)C.CC(C)(C)Oc1ccccc1.CC(C)(C)S(=O)(=O)c1ccc([N+](=O)[O-])cc1. The number of ketones is 1. The highest BCUT2D eigenvalue weighted by Gasteiger charge is 2.48. The summed E-state index contributed by atoms with van der Waals surface area (Å²) in [4.78, 5) is 22.1. The van der Waals surface area contributed by atoms with E-state index in [1.807, 2.05) is 51.1 Å². The van der Waals surface area contributed by atoms with E-state index in [1.54, 1.807) is 20.8 Å². The van der Waals surface area contributed by atoms with Crippen molar-refractivity contribution >= 4 is 21.3 Å². The van der Waals surface area contributed by atoms with E-state index in [9.17, 15) is 23.3 Å². The molecule has 0 N–H and O–H groups in total. The standard InChI is InChI=1S/C14H26O.C14H28.C13H26.C12H24O2.C11H22O2.C10H13NO4S.C10H14O.C10H20/c1-13(2,3)10-8-7-9-11(15)12(10)14(4,5)6;1-13(2,3)11-9-7-8-10-12(11)14(4,5)6;1-12(2,3)10-8-7-9-11(10)13(4,5)6;1-11(2,3)9-10(12(4,5)6)14-8-7-13-9;1-10(2,3)8-9(11(4,5)6)13-7-12-8;1-10(2,3)16(14,15)9-6-4-8(5-7-9)11(12)13;1-10(2,3)11-9-7-5-4-6-8-9;1-10(2,3)9-7-5-4-6-8-9/h10,12H,7-9H2,1-6H3;11-12H,7-10H2,1-6H3;10-11H,7-9H2,1-6H3;9-10H,7-8H2,1-6H3;8-9H,7H2,1-6H3;4-7H,1-3H3;4-8H,1-3H3;9H,4-8H2,1-3H3. The second-order valence-corrected chi connectivity index (χ2v) is 48.9. The summed E-state index contributed by atoms with van der Waals surface area (Å²) in [7, 11) is -3.44. The Kier molecular flexibility index (Phi) is 38.4. The van der Waals surface area contributed by atoms with Crippen LogP contribution in [0.1, 0.15) is 366 Å². The third-order valence-corrected chi connectivity index (χ3v) is 25.3. The number of sulfone groups is 1. The van der Waals surface area contributed by atoms with E-state index in [0.29, 0.717) is 45.6 Å². The predicted molar refractivity (Wildman–Crippen MR) is 454 cm³/mol. The molecule has 8 rings (SSSR count). The summed E-state index contributed by atoms with van der Waals surface area (Å²) in [6.07, 6.45) is 21.5. The van der Waals surface area contributed by atoms with Crippen LogP contribution in [0.4, 0.5) is 5.69 Å². The van der Waals surface area contributed by atoms with Crippen LogP contribution in [-0.4, -0.2) is 73.9 Å². The zero-order chi connectivity index (χ0) is 82.9. The highest BCUT2D eigenvalue weighted by molar-refractivity contribution is 7.92. The van der Waals surface area contributed by atoms with Gasteiger partial charge in [-0.05, 0) is 212 Å². The molecule has 0 aromatic heterocycles. The molecule has 6 aliphatic rings. The van der Waals surface area contributed by atoms with Gasteiger partial charge >= 0.3 is 0 Å². The third kappa shape index (κ3) is 35.4. The minimum Gasteiger partial charge on any atom is -0.488 e. The highest BCUT2D eigenvalue weighted by Crippen LogP contribution is 2.52. The molecule has 620 valence electrons. The van der Waals surface area contributed by atoms with E-state index in [1.165, 1.54) is 108 Å². The lowest BCUT2D eigenvalue weighted by Gasteiger charge is -2.46. The molecule has 2 aromatic rings. The molecule has 11 nitrogen and oxygen atoms in total. The maximum atomic E-state index is 12.1. The van der Waals surface area contributed by atoms with Crippen molar-refractivity contribution in [3.8, 4) is 5.75 Å². The normalized spacial score (nSPS) is 25.0. The number of carbonyl (C=O) groups is 1. The van der Waals surface area contributed by atoms with Gasteiger partial charge in [-0.2, -0.15) is 0 Å². The van der Waals surface area contributed by atoms with Crippen LogP contribution in [0.15, 0.2) is 59.5 Å². The molecule has 10 unspecified atom stereocenters. The first-order chi connectivity index (χ1) is 47.4. The van der Waals surface area contributed by atoms with Crippen LogP contribution in [-0.2, 0) is 33.6 Å². The van der Waals surface area contributed by atoms with Gasteiger partial charge in [0.1, 0.15) is 23.9 Å². The Morgan fingerprint density at radius 2 is 0.689 bits per heavy atom. The Balaban J connectivity index is 0.000000608. The van der Waals surface area contributed by atoms with Crippen LogP contribution in [0.5, 0.6) is 5.75 Å². The highest BCUT2D eigenvalue weighted by atomic mass is 32.2. The fourth-order valence-electron chi connectivity index (χ4n) is 16.9. The second-order valence-electron chi connectivity index (χ2n) is 46.2. The Morgan fingerprint density at radius 3 is 0.962 bits per heavy atom. The maximum absolute atomic E-state index is 12.1. The average molecular weight is 1510 g/mol. The molecule has 12 heteroatoms. The van der Waals surface area contributed by atoms with Crippen molar-refractivity contribution in [3.05, 3.63) is 64.7 Å². The maximum Gasteiger partial charge on any atom is 0.269 e. The molecule has 10 atom stereocenters. The third-order valence-electron chi connectivity index (χ3n) is 22.8. The molecular weight excluding hydrogens is 1340 g/mol. The van der Waals surface area contributed by atoms with Crippen LogP contribution >= 0.6 is 0 Å². The summed E-state index contributed by atoms with van der Waals surface area (Å²) in [5.41, 5.74) is 3.37. The van der Waals surface area contributed by atoms with E-state index in [-0.39, 0.29) is 79.0 Å². The van der Waals surface area contributed by atoms with E-state index in [0.717, 1.165) is 61.4 Å². The monoisotopic (exact) mass is 1510 g/mol. The number of hydrogen-bond acceptors (Lipinski definition) is 10. The fraction of sp³-hybridized carbons (Fsp3) is 0.862.